The Morgan fingerprint density at radius 1 is 1.14 bits per heavy atom. The molecule has 1 N–H and O–H groups in total. The number of aryl methyl sites for hydroxylation is 2. The lowest BCUT2D eigenvalue weighted by molar-refractivity contribution is -0.123. The van der Waals surface area contributed by atoms with E-state index in [1.165, 1.54) is 0 Å². The highest BCUT2D eigenvalue weighted by Gasteiger charge is 2.20. The van der Waals surface area contributed by atoms with Gasteiger partial charge in [-0.05, 0) is 64.8 Å². The molecule has 0 heterocycles. The van der Waals surface area contributed by atoms with Gasteiger partial charge in [-0.15, -0.1) is 0 Å². The predicted octanol–water partition coefficient (Wildman–Crippen LogP) is 2.68. The fraction of sp³-hybridized carbons (Fsp3) is 0.529. The van der Waals surface area contributed by atoms with Crippen molar-refractivity contribution in [3.63, 3.8) is 0 Å². The van der Waals surface area contributed by atoms with E-state index >= 15 is 0 Å². The molecule has 0 spiro atoms. The molecule has 0 atom stereocenters. The molecule has 0 aliphatic heterocycles. The van der Waals surface area contributed by atoms with E-state index in [-0.39, 0.29) is 23.9 Å². The lowest BCUT2D eigenvalue weighted by Crippen LogP contribution is -2.47. The molecule has 0 unspecified atom stereocenters. The number of benzene rings is 1. The second-order valence-corrected chi connectivity index (χ2v) is 6.42. The summed E-state index contributed by atoms with van der Waals surface area (Å²) in [7, 11) is 0. The molecule has 2 amide bonds. The first-order chi connectivity index (χ1) is 9.64. The Labute approximate surface area is 127 Å². The van der Waals surface area contributed by atoms with Gasteiger partial charge in [0.25, 0.3) is 5.91 Å². The summed E-state index contributed by atoms with van der Waals surface area (Å²) in [6, 6.07) is 5.63. The zero-order valence-corrected chi connectivity index (χ0v) is 13.9. The summed E-state index contributed by atoms with van der Waals surface area (Å²) in [5, 5.41) is 2.88. The molecule has 0 aromatic heterocycles. The standard InChI is InChI=1S/C17H26N2O2/c1-7-19(11-15(20)18-17(4,5)6)16(21)14-9-8-12(2)13(3)10-14/h8-10H,7,11H2,1-6H3,(H,18,20). The Bertz CT molecular complexity index is 530. The number of carbonyl (C=O) groups is 2. The maximum atomic E-state index is 12.5. The van der Waals surface area contributed by atoms with Crippen LogP contribution >= 0.6 is 0 Å². The van der Waals surface area contributed by atoms with E-state index < -0.39 is 0 Å². The fourth-order valence-corrected chi connectivity index (χ4v) is 2.02. The third kappa shape index (κ3) is 5.21. The molecule has 1 rings (SSSR count). The van der Waals surface area contributed by atoms with Gasteiger partial charge in [0.2, 0.25) is 5.91 Å². The van der Waals surface area contributed by atoms with E-state index in [1.54, 1.807) is 4.90 Å². The third-order valence-electron chi connectivity index (χ3n) is 3.27. The Kier molecular flexibility index (Phi) is 5.53. The van der Waals surface area contributed by atoms with Crippen LogP contribution in [0.25, 0.3) is 0 Å². The normalized spacial score (nSPS) is 11.1. The second kappa shape index (κ2) is 6.74. The number of nitrogens with one attached hydrogen (secondary N) is 1. The Morgan fingerprint density at radius 2 is 1.76 bits per heavy atom. The molecule has 0 saturated carbocycles. The smallest absolute Gasteiger partial charge is 0.254 e. The molecule has 4 heteroatoms. The van der Waals surface area contributed by atoms with Crippen LogP contribution in [0.3, 0.4) is 0 Å². The lowest BCUT2D eigenvalue weighted by Gasteiger charge is -2.25. The van der Waals surface area contributed by atoms with Gasteiger partial charge in [0.05, 0.1) is 6.54 Å². The fourth-order valence-electron chi connectivity index (χ4n) is 2.02. The first kappa shape index (κ1) is 17.2. The molecule has 4 nitrogen and oxygen atoms in total. The molecule has 1 aromatic carbocycles. The van der Waals surface area contributed by atoms with Crippen LogP contribution in [0.2, 0.25) is 0 Å². The number of amides is 2. The average Bonchev–Trinajstić information content (AvgIpc) is 2.36. The highest BCUT2D eigenvalue weighted by Crippen LogP contribution is 2.12. The van der Waals surface area contributed by atoms with Crippen LogP contribution in [0.4, 0.5) is 0 Å². The van der Waals surface area contributed by atoms with Crippen molar-refractivity contribution in [2.75, 3.05) is 13.1 Å². The van der Waals surface area contributed by atoms with Crippen molar-refractivity contribution in [2.45, 2.75) is 47.1 Å². The molecular weight excluding hydrogens is 264 g/mol. The van der Waals surface area contributed by atoms with Crippen LogP contribution in [0.1, 0.15) is 49.2 Å². The average molecular weight is 290 g/mol. The number of nitrogens with zero attached hydrogens (tertiary/aromatic N) is 1. The lowest BCUT2D eigenvalue weighted by atomic mass is 10.1. The van der Waals surface area contributed by atoms with Crippen LogP contribution < -0.4 is 5.32 Å². The van der Waals surface area contributed by atoms with Crippen molar-refractivity contribution in [2.24, 2.45) is 0 Å². The minimum Gasteiger partial charge on any atom is -0.350 e. The minimum absolute atomic E-state index is 0.0829. The van der Waals surface area contributed by atoms with Gasteiger partial charge in [-0.25, -0.2) is 0 Å². The van der Waals surface area contributed by atoms with E-state index in [0.717, 1.165) is 11.1 Å². The Balaban J connectivity index is 2.82. The van der Waals surface area contributed by atoms with E-state index in [2.05, 4.69) is 5.32 Å². The summed E-state index contributed by atoms with van der Waals surface area (Å²) in [6.07, 6.45) is 0. The van der Waals surface area contributed by atoms with Crippen molar-refractivity contribution in [1.82, 2.24) is 10.2 Å². The Morgan fingerprint density at radius 3 is 2.24 bits per heavy atom. The molecule has 0 saturated heterocycles. The summed E-state index contributed by atoms with van der Waals surface area (Å²) in [5.41, 5.74) is 2.57. The quantitative estimate of drug-likeness (QED) is 0.927. The molecule has 0 radical (unpaired) electrons. The van der Waals surface area contributed by atoms with Gasteiger partial charge in [0, 0.05) is 17.6 Å². The van der Waals surface area contributed by atoms with Crippen molar-refractivity contribution >= 4 is 11.8 Å². The zero-order valence-electron chi connectivity index (χ0n) is 13.9. The van der Waals surface area contributed by atoms with Gasteiger partial charge in [-0.1, -0.05) is 6.07 Å². The summed E-state index contributed by atoms with van der Waals surface area (Å²) >= 11 is 0. The molecule has 0 aliphatic carbocycles. The number of rotatable bonds is 4. The molecule has 0 bridgehead atoms. The first-order valence-corrected chi connectivity index (χ1v) is 7.31. The maximum Gasteiger partial charge on any atom is 0.254 e. The largest absolute Gasteiger partial charge is 0.350 e. The van der Waals surface area contributed by atoms with Gasteiger partial charge >= 0.3 is 0 Å². The van der Waals surface area contributed by atoms with Crippen molar-refractivity contribution in [1.29, 1.82) is 0 Å². The van der Waals surface area contributed by atoms with E-state index in [4.69, 9.17) is 0 Å². The summed E-state index contributed by atoms with van der Waals surface area (Å²) in [6.45, 7) is 12.2. The van der Waals surface area contributed by atoms with Crippen molar-refractivity contribution in [3.8, 4) is 0 Å². The number of hydrogen-bond donors (Lipinski definition) is 1. The molecule has 0 aliphatic rings. The topological polar surface area (TPSA) is 49.4 Å². The summed E-state index contributed by atoms with van der Waals surface area (Å²) in [4.78, 5) is 26.0. The van der Waals surface area contributed by atoms with Gasteiger partial charge in [0.15, 0.2) is 0 Å². The molecule has 21 heavy (non-hydrogen) atoms. The second-order valence-electron chi connectivity index (χ2n) is 6.42. The molecule has 0 fully saturated rings. The van der Waals surface area contributed by atoms with E-state index in [0.29, 0.717) is 12.1 Å². The Hall–Kier alpha value is -1.84. The summed E-state index contributed by atoms with van der Waals surface area (Å²) < 4.78 is 0. The number of likely N-dealkylation sites (N-methyl/N-ethyl adjacent to an activating group) is 1. The third-order valence-corrected chi connectivity index (χ3v) is 3.27. The number of carbonyl (C=O) groups excluding carboxylic acids is 2. The first-order valence-electron chi connectivity index (χ1n) is 7.31. The van der Waals surface area contributed by atoms with Crippen LogP contribution in [0, 0.1) is 13.8 Å². The van der Waals surface area contributed by atoms with E-state index in [9.17, 15) is 9.59 Å². The van der Waals surface area contributed by atoms with Gasteiger partial charge in [-0.2, -0.15) is 0 Å². The minimum atomic E-state index is -0.292. The van der Waals surface area contributed by atoms with Crippen molar-refractivity contribution < 1.29 is 9.59 Å². The van der Waals surface area contributed by atoms with Gasteiger partial charge in [-0.3, -0.25) is 9.59 Å². The zero-order chi connectivity index (χ0) is 16.2. The maximum absolute atomic E-state index is 12.5. The molecule has 1 aromatic rings. The summed E-state index contributed by atoms with van der Waals surface area (Å²) in [5.74, 6) is -0.244. The number of hydrogen-bond acceptors (Lipinski definition) is 2. The highest BCUT2D eigenvalue weighted by molar-refractivity contribution is 5.96. The van der Waals surface area contributed by atoms with Crippen LogP contribution in [-0.4, -0.2) is 35.3 Å². The van der Waals surface area contributed by atoms with Crippen LogP contribution in [-0.2, 0) is 4.79 Å². The molecule has 116 valence electrons. The van der Waals surface area contributed by atoms with E-state index in [1.807, 2.05) is 59.7 Å². The SMILES string of the molecule is CCN(CC(=O)NC(C)(C)C)C(=O)c1ccc(C)c(C)c1. The molecular formula is C17H26N2O2. The van der Waals surface area contributed by atoms with Crippen molar-refractivity contribution in [3.05, 3.63) is 34.9 Å². The van der Waals surface area contributed by atoms with Gasteiger partial charge < -0.3 is 10.2 Å². The highest BCUT2D eigenvalue weighted by atomic mass is 16.2. The van der Waals surface area contributed by atoms with Crippen LogP contribution in [0.15, 0.2) is 18.2 Å². The van der Waals surface area contributed by atoms with Crippen LogP contribution in [0.5, 0.6) is 0 Å². The monoisotopic (exact) mass is 290 g/mol. The van der Waals surface area contributed by atoms with Gasteiger partial charge in [0.1, 0.15) is 0 Å². The predicted molar refractivity (Wildman–Crippen MR) is 85.4 cm³/mol.